The van der Waals surface area contributed by atoms with Gasteiger partial charge in [-0.1, -0.05) is 23.7 Å². The van der Waals surface area contributed by atoms with Crippen LogP contribution in [0.3, 0.4) is 0 Å². The van der Waals surface area contributed by atoms with Gasteiger partial charge in [0.1, 0.15) is 6.04 Å². The van der Waals surface area contributed by atoms with Gasteiger partial charge in [-0.15, -0.1) is 0 Å². The van der Waals surface area contributed by atoms with E-state index in [1.54, 1.807) is 12.3 Å². The van der Waals surface area contributed by atoms with Gasteiger partial charge in [0.05, 0.1) is 11.2 Å². The molecule has 2 aromatic rings. The van der Waals surface area contributed by atoms with Crippen LogP contribution in [-0.4, -0.2) is 39.5 Å². The maximum absolute atomic E-state index is 12.2. The zero-order valence-electron chi connectivity index (χ0n) is 12.9. The number of aliphatic carboxylic acids is 1. The highest BCUT2D eigenvalue weighted by Crippen LogP contribution is 2.28. The highest BCUT2D eigenvalue weighted by molar-refractivity contribution is 6.33. The second kappa shape index (κ2) is 7.05. The molecule has 0 spiro atoms. The fourth-order valence-corrected chi connectivity index (χ4v) is 3.12. The molecule has 1 atom stereocenters. The van der Waals surface area contributed by atoms with E-state index in [-0.39, 0.29) is 12.3 Å². The molecule has 6 nitrogen and oxygen atoms in total. The SMILES string of the molecule is O=C(O)C1CCCN1C(=O)CCc1ncc(-c2ccccc2Cl)o1. The van der Waals surface area contributed by atoms with Gasteiger partial charge in [0, 0.05) is 24.9 Å². The number of carboxylic acid groups (broad SMARTS) is 1. The summed E-state index contributed by atoms with van der Waals surface area (Å²) < 4.78 is 5.66. The van der Waals surface area contributed by atoms with Gasteiger partial charge in [-0.3, -0.25) is 4.79 Å². The molecule has 0 radical (unpaired) electrons. The molecule has 1 aliphatic heterocycles. The molecule has 126 valence electrons. The third-order valence-corrected chi connectivity index (χ3v) is 4.43. The lowest BCUT2D eigenvalue weighted by molar-refractivity contribution is -0.148. The molecule has 1 fully saturated rings. The molecule has 3 rings (SSSR count). The topological polar surface area (TPSA) is 83.6 Å². The molecular formula is C17H17ClN2O4. The quantitative estimate of drug-likeness (QED) is 0.898. The van der Waals surface area contributed by atoms with Gasteiger partial charge in [-0.2, -0.15) is 0 Å². The molecule has 1 N–H and O–H groups in total. The van der Waals surface area contributed by atoms with Crippen LogP contribution in [0, 0.1) is 0 Å². The lowest BCUT2D eigenvalue weighted by Crippen LogP contribution is -2.40. The third kappa shape index (κ3) is 3.43. The van der Waals surface area contributed by atoms with Gasteiger partial charge < -0.3 is 14.4 Å². The second-order valence-corrected chi connectivity index (χ2v) is 6.09. The van der Waals surface area contributed by atoms with E-state index in [0.29, 0.717) is 36.1 Å². The van der Waals surface area contributed by atoms with E-state index in [2.05, 4.69) is 4.98 Å². The van der Waals surface area contributed by atoms with Gasteiger partial charge in [-0.25, -0.2) is 9.78 Å². The third-order valence-electron chi connectivity index (χ3n) is 4.10. The van der Waals surface area contributed by atoms with Gasteiger partial charge in [-0.05, 0) is 25.0 Å². The van der Waals surface area contributed by atoms with Gasteiger partial charge in [0.15, 0.2) is 11.7 Å². The Morgan fingerprint density at radius 1 is 1.38 bits per heavy atom. The second-order valence-electron chi connectivity index (χ2n) is 5.68. The number of likely N-dealkylation sites (tertiary alicyclic amines) is 1. The van der Waals surface area contributed by atoms with Crippen molar-refractivity contribution in [3.63, 3.8) is 0 Å². The summed E-state index contributed by atoms with van der Waals surface area (Å²) in [6.45, 7) is 0.492. The lowest BCUT2D eigenvalue weighted by atomic mass is 10.2. The summed E-state index contributed by atoms with van der Waals surface area (Å²) in [5.41, 5.74) is 0.745. The zero-order chi connectivity index (χ0) is 17.1. The number of carboxylic acids is 1. The van der Waals surface area contributed by atoms with Crippen LogP contribution in [0.25, 0.3) is 11.3 Å². The largest absolute Gasteiger partial charge is 0.480 e. The fourth-order valence-electron chi connectivity index (χ4n) is 2.89. The first-order valence-corrected chi connectivity index (χ1v) is 8.16. The first-order valence-electron chi connectivity index (χ1n) is 7.78. The smallest absolute Gasteiger partial charge is 0.326 e. The van der Waals surface area contributed by atoms with Crippen molar-refractivity contribution in [2.45, 2.75) is 31.7 Å². The summed E-state index contributed by atoms with van der Waals surface area (Å²) >= 11 is 6.12. The van der Waals surface area contributed by atoms with Crippen LogP contribution in [-0.2, 0) is 16.0 Å². The van der Waals surface area contributed by atoms with Crippen molar-refractivity contribution in [3.8, 4) is 11.3 Å². The Bertz CT molecular complexity index is 759. The molecule has 1 saturated heterocycles. The number of benzene rings is 1. The molecule has 0 bridgehead atoms. The van der Waals surface area contributed by atoms with Crippen molar-refractivity contribution in [1.29, 1.82) is 0 Å². The average molecular weight is 349 g/mol. The highest BCUT2D eigenvalue weighted by atomic mass is 35.5. The van der Waals surface area contributed by atoms with E-state index in [4.69, 9.17) is 21.1 Å². The standard InChI is InChI=1S/C17H17ClN2O4/c18-12-5-2-1-4-11(12)14-10-19-15(24-14)7-8-16(21)20-9-3-6-13(20)17(22)23/h1-2,4-5,10,13H,3,6-9H2,(H,22,23). The molecule has 1 amide bonds. The van der Waals surface area contributed by atoms with E-state index in [1.807, 2.05) is 18.2 Å². The molecule has 1 aromatic carbocycles. The summed E-state index contributed by atoms with van der Waals surface area (Å²) in [5, 5.41) is 9.70. The first-order chi connectivity index (χ1) is 11.6. The van der Waals surface area contributed by atoms with E-state index in [9.17, 15) is 9.59 Å². The van der Waals surface area contributed by atoms with Crippen molar-refractivity contribution in [1.82, 2.24) is 9.88 Å². The molecule has 1 aromatic heterocycles. The number of aromatic nitrogens is 1. The summed E-state index contributed by atoms with van der Waals surface area (Å²) in [5.74, 6) is -0.146. The molecular weight excluding hydrogens is 332 g/mol. The van der Waals surface area contributed by atoms with Gasteiger partial charge in [0.2, 0.25) is 5.91 Å². The Labute approximate surface area is 144 Å². The van der Waals surface area contributed by atoms with Crippen LogP contribution >= 0.6 is 11.6 Å². The molecule has 24 heavy (non-hydrogen) atoms. The predicted octanol–water partition coefficient (Wildman–Crippen LogP) is 3.00. The molecule has 2 heterocycles. The maximum atomic E-state index is 12.2. The van der Waals surface area contributed by atoms with Gasteiger partial charge >= 0.3 is 5.97 Å². The summed E-state index contributed by atoms with van der Waals surface area (Å²) in [7, 11) is 0. The number of nitrogens with zero attached hydrogens (tertiary/aromatic N) is 2. The van der Waals surface area contributed by atoms with Crippen LogP contribution in [0.2, 0.25) is 5.02 Å². The maximum Gasteiger partial charge on any atom is 0.326 e. The van der Waals surface area contributed by atoms with Crippen molar-refractivity contribution in [3.05, 3.63) is 41.4 Å². The van der Waals surface area contributed by atoms with Crippen LogP contribution in [0.5, 0.6) is 0 Å². The number of hydrogen-bond donors (Lipinski definition) is 1. The molecule has 0 saturated carbocycles. The molecule has 1 unspecified atom stereocenters. The Kier molecular flexibility index (Phi) is 4.85. The van der Waals surface area contributed by atoms with Crippen molar-refractivity contribution >= 4 is 23.5 Å². The minimum Gasteiger partial charge on any atom is -0.480 e. The minimum atomic E-state index is -0.946. The summed E-state index contributed by atoms with van der Waals surface area (Å²) in [6, 6.07) is 6.57. The molecule has 1 aliphatic rings. The normalized spacial score (nSPS) is 17.2. The van der Waals surface area contributed by atoms with E-state index in [1.165, 1.54) is 4.90 Å². The van der Waals surface area contributed by atoms with Crippen LogP contribution in [0.15, 0.2) is 34.9 Å². The van der Waals surface area contributed by atoms with Crippen LogP contribution in [0.4, 0.5) is 0 Å². The number of amides is 1. The Balaban J connectivity index is 1.63. The number of rotatable bonds is 5. The Hall–Kier alpha value is -2.34. The van der Waals surface area contributed by atoms with Crippen molar-refractivity contribution < 1.29 is 19.1 Å². The molecule has 7 heteroatoms. The highest BCUT2D eigenvalue weighted by Gasteiger charge is 2.33. The Morgan fingerprint density at radius 2 is 2.17 bits per heavy atom. The number of oxazole rings is 1. The van der Waals surface area contributed by atoms with E-state index in [0.717, 1.165) is 12.0 Å². The summed E-state index contributed by atoms with van der Waals surface area (Å²) in [6.07, 6.45) is 3.31. The minimum absolute atomic E-state index is 0.173. The fraction of sp³-hybridized carbons (Fsp3) is 0.353. The van der Waals surface area contributed by atoms with Gasteiger partial charge in [0.25, 0.3) is 0 Å². The number of carbonyl (C=O) groups is 2. The van der Waals surface area contributed by atoms with E-state index < -0.39 is 12.0 Å². The predicted molar refractivity (Wildman–Crippen MR) is 87.6 cm³/mol. The number of carbonyl (C=O) groups excluding carboxylic acids is 1. The van der Waals surface area contributed by atoms with Crippen LogP contribution < -0.4 is 0 Å². The zero-order valence-corrected chi connectivity index (χ0v) is 13.7. The average Bonchev–Trinajstić information content (AvgIpc) is 3.22. The number of hydrogen-bond acceptors (Lipinski definition) is 4. The number of aryl methyl sites for hydroxylation is 1. The van der Waals surface area contributed by atoms with Crippen LogP contribution in [0.1, 0.15) is 25.2 Å². The number of halogens is 1. The lowest BCUT2D eigenvalue weighted by Gasteiger charge is -2.20. The Morgan fingerprint density at radius 3 is 2.92 bits per heavy atom. The van der Waals surface area contributed by atoms with Crippen molar-refractivity contribution in [2.24, 2.45) is 0 Å². The summed E-state index contributed by atoms with van der Waals surface area (Å²) in [4.78, 5) is 29.0. The first kappa shape index (κ1) is 16.5. The van der Waals surface area contributed by atoms with E-state index >= 15 is 0 Å². The van der Waals surface area contributed by atoms with Crippen molar-refractivity contribution in [2.75, 3.05) is 6.54 Å². The molecule has 0 aliphatic carbocycles. The monoisotopic (exact) mass is 348 g/mol.